The fraction of sp³-hybridized carbons (Fsp3) is 0.600. The molecule has 0 saturated carbocycles. The summed E-state index contributed by atoms with van der Waals surface area (Å²) in [6.07, 6.45) is 1.35. The summed E-state index contributed by atoms with van der Waals surface area (Å²) in [5.41, 5.74) is 0. The lowest BCUT2D eigenvalue weighted by molar-refractivity contribution is -0.305. The van der Waals surface area contributed by atoms with Gasteiger partial charge in [-0.2, -0.15) is 0 Å². The molecule has 0 spiro atoms. The van der Waals surface area contributed by atoms with Crippen LogP contribution in [0.3, 0.4) is 0 Å². The van der Waals surface area contributed by atoms with Crippen LogP contribution in [-0.2, 0) is 9.59 Å². The zero-order valence-electron chi connectivity index (χ0n) is 5.09. The first-order valence-electron chi connectivity index (χ1n) is 2.40. The highest BCUT2D eigenvalue weighted by Crippen LogP contribution is 1.79. The summed E-state index contributed by atoms with van der Waals surface area (Å²) in [5.74, 6) is -0.961. The van der Waals surface area contributed by atoms with E-state index in [1.54, 1.807) is 6.92 Å². The van der Waals surface area contributed by atoms with Crippen molar-refractivity contribution in [2.75, 3.05) is 0 Å². The smallest absolute Gasteiger partial charge is 0.0414 e. The minimum absolute atomic E-state index is 0.181. The van der Waals surface area contributed by atoms with Gasteiger partial charge in [0.15, 0.2) is 0 Å². The molecule has 0 N–H and O–H groups in total. The van der Waals surface area contributed by atoms with Gasteiger partial charge in [-0.15, -0.1) is 0 Å². The molecule has 0 heterocycles. The van der Waals surface area contributed by atoms with E-state index in [-0.39, 0.29) is 6.42 Å². The van der Waals surface area contributed by atoms with Crippen LogP contribution in [0, 0.1) is 0 Å². The Morgan fingerprint density at radius 3 is 2.11 bits per heavy atom. The molecular weight excluding hydrogens is 122 g/mol. The summed E-state index contributed by atoms with van der Waals surface area (Å²) in [5, 5.41) is 16.3. The second-order valence-electron chi connectivity index (χ2n) is 1.21. The maximum Gasteiger partial charge on any atom is 0.0414 e. The minimum atomic E-state index is -0.961. The minimum Gasteiger partial charge on any atom is -0.724 e. The van der Waals surface area contributed by atoms with E-state index in [4.69, 9.17) is 10.2 Å². The summed E-state index contributed by atoms with van der Waals surface area (Å²) in [4.78, 5) is 17.7. The summed E-state index contributed by atoms with van der Waals surface area (Å²) in [6.45, 7) is 1.80. The molecule has 0 aliphatic rings. The Hall–Kier alpha value is -1.15. The second-order valence-corrected chi connectivity index (χ2v) is 1.21. The molecule has 0 aromatic rings. The van der Waals surface area contributed by atoms with Crippen LogP contribution >= 0.6 is 0 Å². The Morgan fingerprint density at radius 2 is 2.11 bits per heavy atom. The largest absolute Gasteiger partial charge is 0.724 e. The predicted molar refractivity (Wildman–Crippen MR) is 29.0 cm³/mol. The van der Waals surface area contributed by atoms with Crippen molar-refractivity contribution in [2.45, 2.75) is 19.8 Å². The third kappa shape index (κ3) is 47.1. The average Bonchev–Trinajstić information content (AvgIpc) is 1.67. The molecule has 0 unspecified atom stereocenters. The fourth-order valence-corrected chi connectivity index (χ4v) is 0.204. The molecule has 0 rings (SSSR count). The van der Waals surface area contributed by atoms with Gasteiger partial charge in [-0.25, -0.2) is 0 Å². The predicted octanol–water partition coefficient (Wildman–Crippen LogP) is -0.572. The number of carbonyl (C=O) groups excluding carboxylic acids is 2. The van der Waals surface area contributed by atoms with Crippen molar-refractivity contribution in [1.29, 1.82) is 0 Å². The molecule has 0 aromatic carbocycles. The van der Waals surface area contributed by atoms with Gasteiger partial charge in [0, 0.05) is 5.97 Å². The van der Waals surface area contributed by atoms with Gasteiger partial charge in [-0.3, -0.25) is 4.79 Å². The highest BCUT2D eigenvalue weighted by Gasteiger charge is 1.75. The maximum absolute atomic E-state index is 9.49. The van der Waals surface area contributed by atoms with Gasteiger partial charge in [0.05, 0.1) is 0 Å². The van der Waals surface area contributed by atoms with E-state index in [0.29, 0.717) is 12.5 Å². The van der Waals surface area contributed by atoms with E-state index in [2.05, 4.69) is 0 Å². The van der Waals surface area contributed by atoms with Gasteiger partial charge in [0.1, 0.15) is 0 Å². The molecule has 0 aliphatic carbocycles. The van der Waals surface area contributed by atoms with E-state index < -0.39 is 5.97 Å². The van der Waals surface area contributed by atoms with Gasteiger partial charge < -0.3 is 15.3 Å². The number of nitrogens with zero attached hydrogens (tertiary/aromatic N) is 1. The Labute approximate surface area is 53.0 Å². The van der Waals surface area contributed by atoms with Gasteiger partial charge in [-0.1, -0.05) is 13.3 Å². The first-order valence-corrected chi connectivity index (χ1v) is 2.40. The van der Waals surface area contributed by atoms with Crippen LogP contribution in [0.1, 0.15) is 19.8 Å². The monoisotopic (exact) mass is 129 g/mol. The number of hydrogen-bond donors (Lipinski definition) is 0. The Balaban J connectivity index is 0. The van der Waals surface area contributed by atoms with E-state index in [1.165, 1.54) is 0 Å². The topological polar surface area (TPSA) is 79.5 Å². The average molecular weight is 129 g/mol. The van der Waals surface area contributed by atoms with E-state index in [9.17, 15) is 9.90 Å². The summed E-state index contributed by atoms with van der Waals surface area (Å²) in [7, 11) is 0. The standard InChI is InChI=1S/C4H8O2.CNO/c1-2-3-4(5)6;2-1-3/h2-3H2,1H3,(H,5,6);/q;-1/p-1. The van der Waals surface area contributed by atoms with Crippen molar-refractivity contribution in [1.82, 2.24) is 0 Å². The van der Waals surface area contributed by atoms with Crippen LogP contribution < -0.4 is 5.11 Å². The number of carbonyl (C=O) groups is 1. The number of hydrogen-bond acceptors (Lipinski definition) is 3. The van der Waals surface area contributed by atoms with Crippen molar-refractivity contribution < 1.29 is 14.7 Å². The lowest BCUT2D eigenvalue weighted by atomic mass is 10.4. The summed E-state index contributed by atoms with van der Waals surface area (Å²) < 4.78 is 0. The van der Waals surface area contributed by atoms with Crippen LogP contribution in [0.2, 0.25) is 0 Å². The third-order valence-electron chi connectivity index (χ3n) is 0.454. The van der Waals surface area contributed by atoms with Gasteiger partial charge in [-0.05, 0) is 12.5 Å². The van der Waals surface area contributed by atoms with Crippen molar-refractivity contribution in [3.8, 4) is 0 Å². The molecule has 0 saturated heterocycles. The second kappa shape index (κ2) is 9.97. The first-order chi connectivity index (χ1) is 4.18. The van der Waals surface area contributed by atoms with Crippen LogP contribution in [0.25, 0.3) is 5.41 Å². The van der Waals surface area contributed by atoms with Crippen LogP contribution in [-0.4, -0.2) is 12.0 Å². The Kier molecular flexibility index (Phi) is 11.9. The number of carboxylic acids is 1. The molecule has 9 heavy (non-hydrogen) atoms. The first kappa shape index (κ1) is 10.8. The quantitative estimate of drug-likeness (QED) is 0.370. The normalized spacial score (nSPS) is 6.33. The van der Waals surface area contributed by atoms with Gasteiger partial charge >= 0.3 is 0 Å². The number of aliphatic carboxylic acids is 1. The molecule has 4 nitrogen and oxygen atoms in total. The highest BCUT2D eigenvalue weighted by molar-refractivity contribution is 5.63. The third-order valence-corrected chi connectivity index (χ3v) is 0.454. The number of carboxylic acid groups (broad SMARTS) is 1. The highest BCUT2D eigenvalue weighted by atomic mass is 16.4. The zero-order chi connectivity index (χ0) is 7.70. The molecule has 52 valence electrons. The fourth-order valence-electron chi connectivity index (χ4n) is 0.204. The summed E-state index contributed by atoms with van der Waals surface area (Å²) >= 11 is 0. The lowest BCUT2D eigenvalue weighted by Gasteiger charge is -1.92. The van der Waals surface area contributed by atoms with Crippen molar-refractivity contribution >= 4 is 12.0 Å². The summed E-state index contributed by atoms with van der Waals surface area (Å²) in [6, 6.07) is 0. The molecule has 0 bridgehead atoms. The van der Waals surface area contributed by atoms with E-state index in [1.807, 2.05) is 0 Å². The molecule has 0 atom stereocenters. The Morgan fingerprint density at radius 1 is 1.78 bits per heavy atom. The van der Waals surface area contributed by atoms with E-state index in [0.717, 1.165) is 0 Å². The van der Waals surface area contributed by atoms with Crippen LogP contribution in [0.15, 0.2) is 0 Å². The van der Waals surface area contributed by atoms with Crippen molar-refractivity contribution in [3.05, 3.63) is 5.41 Å². The molecular formula is C5H7NO3-2. The molecule has 0 fully saturated rings. The zero-order valence-corrected chi connectivity index (χ0v) is 5.09. The maximum atomic E-state index is 9.49. The van der Waals surface area contributed by atoms with Crippen LogP contribution in [0.5, 0.6) is 0 Å². The van der Waals surface area contributed by atoms with Crippen LogP contribution in [0.4, 0.5) is 0 Å². The molecule has 4 heteroatoms. The van der Waals surface area contributed by atoms with Gasteiger partial charge in [0.2, 0.25) is 0 Å². The van der Waals surface area contributed by atoms with Crippen molar-refractivity contribution in [3.63, 3.8) is 0 Å². The lowest BCUT2D eigenvalue weighted by Crippen LogP contribution is -2.20. The SMILES string of the molecule is CCCC(=O)[O-].[N-]=C=O. The molecule has 0 aromatic heterocycles. The number of isocyanates is 1. The van der Waals surface area contributed by atoms with E-state index >= 15 is 0 Å². The molecule has 0 radical (unpaired) electrons. The van der Waals surface area contributed by atoms with Crippen molar-refractivity contribution in [2.24, 2.45) is 0 Å². The Bertz CT molecular complexity index is 105. The van der Waals surface area contributed by atoms with Gasteiger partial charge in [0.25, 0.3) is 0 Å². The molecule has 0 amide bonds. The molecule has 0 aliphatic heterocycles. The number of rotatable bonds is 2.